The molecule has 0 amide bonds. The van der Waals surface area contributed by atoms with E-state index in [0.29, 0.717) is 11.1 Å². The molecule has 0 saturated carbocycles. The standard InChI is InChI=1S/C22H36N6OS/c1-17-8-12-28(13-9-17)20-15-19(27-10-4-2-3-5-11-27)24-21(25-20)26-22(30)23-16-18-7-6-14-29-18/h15,17-18H,2-14,16H2,1H3,(H2,23,24,25,26,30). The smallest absolute Gasteiger partial charge is 0.232 e. The third kappa shape index (κ3) is 5.94. The van der Waals surface area contributed by atoms with Gasteiger partial charge in [0.15, 0.2) is 5.11 Å². The monoisotopic (exact) mass is 432 g/mol. The van der Waals surface area contributed by atoms with Crippen LogP contribution in [0.25, 0.3) is 0 Å². The number of anilines is 3. The summed E-state index contributed by atoms with van der Waals surface area (Å²) in [5.41, 5.74) is 0. The van der Waals surface area contributed by atoms with Crippen molar-refractivity contribution in [2.45, 2.75) is 64.4 Å². The first-order valence-electron chi connectivity index (χ1n) is 11.7. The SMILES string of the molecule is CC1CCN(c2cc(N3CCCCCC3)nc(NC(=S)NCC3CCCO3)n2)CC1. The normalized spacial score (nSPS) is 23.3. The molecular formula is C22H36N6OS. The second-order valence-electron chi connectivity index (χ2n) is 8.95. The summed E-state index contributed by atoms with van der Waals surface area (Å²) in [6, 6.07) is 2.18. The molecule has 0 radical (unpaired) electrons. The molecule has 1 aromatic rings. The van der Waals surface area contributed by atoms with E-state index in [1.807, 2.05) is 0 Å². The highest BCUT2D eigenvalue weighted by Crippen LogP contribution is 2.27. The zero-order valence-electron chi connectivity index (χ0n) is 18.2. The van der Waals surface area contributed by atoms with Gasteiger partial charge < -0.3 is 25.2 Å². The predicted octanol–water partition coefficient (Wildman–Crippen LogP) is 3.56. The number of ether oxygens (including phenoxy) is 1. The van der Waals surface area contributed by atoms with Gasteiger partial charge >= 0.3 is 0 Å². The van der Waals surface area contributed by atoms with Crippen molar-refractivity contribution >= 4 is 34.9 Å². The maximum atomic E-state index is 5.68. The molecule has 30 heavy (non-hydrogen) atoms. The van der Waals surface area contributed by atoms with Gasteiger partial charge in [0.05, 0.1) is 6.10 Å². The van der Waals surface area contributed by atoms with E-state index >= 15 is 0 Å². The van der Waals surface area contributed by atoms with Crippen LogP contribution >= 0.6 is 12.2 Å². The molecule has 0 bridgehead atoms. The van der Waals surface area contributed by atoms with E-state index in [4.69, 9.17) is 26.9 Å². The number of thiocarbonyl (C=S) groups is 1. The van der Waals surface area contributed by atoms with Gasteiger partial charge in [0, 0.05) is 45.4 Å². The molecule has 0 aromatic carbocycles. The van der Waals surface area contributed by atoms with Crippen molar-refractivity contribution in [3.8, 4) is 0 Å². The molecule has 166 valence electrons. The number of aromatic nitrogens is 2. The first-order valence-corrected chi connectivity index (χ1v) is 12.1. The quantitative estimate of drug-likeness (QED) is 0.685. The van der Waals surface area contributed by atoms with Gasteiger partial charge in [-0.1, -0.05) is 19.8 Å². The van der Waals surface area contributed by atoms with E-state index in [2.05, 4.69) is 33.4 Å². The topological polar surface area (TPSA) is 65.5 Å². The first-order chi connectivity index (χ1) is 14.7. The van der Waals surface area contributed by atoms with Crippen LogP contribution < -0.4 is 20.4 Å². The average Bonchev–Trinajstić information content (AvgIpc) is 3.13. The lowest BCUT2D eigenvalue weighted by molar-refractivity contribution is 0.114. The van der Waals surface area contributed by atoms with E-state index < -0.39 is 0 Å². The van der Waals surface area contributed by atoms with Gasteiger partial charge in [-0.3, -0.25) is 0 Å². The molecule has 8 heteroatoms. The molecule has 3 aliphatic heterocycles. The Morgan fingerprint density at radius 2 is 1.67 bits per heavy atom. The van der Waals surface area contributed by atoms with Gasteiger partial charge in [0.2, 0.25) is 5.95 Å². The van der Waals surface area contributed by atoms with Gasteiger partial charge in [-0.25, -0.2) is 0 Å². The number of hydrogen-bond donors (Lipinski definition) is 2. The predicted molar refractivity (Wildman–Crippen MR) is 127 cm³/mol. The summed E-state index contributed by atoms with van der Waals surface area (Å²) in [7, 11) is 0. The van der Waals surface area contributed by atoms with Crippen LogP contribution in [0.15, 0.2) is 6.07 Å². The Morgan fingerprint density at radius 3 is 2.30 bits per heavy atom. The zero-order chi connectivity index (χ0) is 20.8. The second-order valence-corrected chi connectivity index (χ2v) is 9.36. The summed E-state index contributed by atoms with van der Waals surface area (Å²) < 4.78 is 5.68. The number of nitrogens with one attached hydrogen (secondary N) is 2. The van der Waals surface area contributed by atoms with Crippen molar-refractivity contribution in [3.63, 3.8) is 0 Å². The summed E-state index contributed by atoms with van der Waals surface area (Å²) in [5.74, 6) is 3.42. The molecule has 3 fully saturated rings. The molecule has 3 aliphatic rings. The lowest BCUT2D eigenvalue weighted by atomic mass is 9.99. The first kappa shape index (κ1) is 21.6. The Bertz CT molecular complexity index is 695. The Hall–Kier alpha value is -1.67. The molecule has 4 rings (SSSR count). The lowest BCUT2D eigenvalue weighted by Gasteiger charge is -2.32. The molecule has 3 saturated heterocycles. The highest BCUT2D eigenvalue weighted by Gasteiger charge is 2.21. The van der Waals surface area contributed by atoms with E-state index in [9.17, 15) is 0 Å². The fraction of sp³-hybridized carbons (Fsp3) is 0.773. The van der Waals surface area contributed by atoms with Crippen LogP contribution in [0.3, 0.4) is 0 Å². The van der Waals surface area contributed by atoms with E-state index in [0.717, 1.165) is 69.7 Å². The molecule has 1 atom stereocenters. The summed E-state index contributed by atoms with van der Waals surface area (Å²) in [6.07, 6.45) is 9.97. The fourth-order valence-corrected chi connectivity index (χ4v) is 4.67. The lowest BCUT2D eigenvalue weighted by Crippen LogP contribution is -2.36. The van der Waals surface area contributed by atoms with Crippen molar-refractivity contribution < 1.29 is 4.74 Å². The van der Waals surface area contributed by atoms with Crippen LogP contribution in [0.1, 0.15) is 58.3 Å². The van der Waals surface area contributed by atoms with E-state index in [1.54, 1.807) is 0 Å². The van der Waals surface area contributed by atoms with Crippen molar-refractivity contribution in [1.82, 2.24) is 15.3 Å². The molecule has 4 heterocycles. The van der Waals surface area contributed by atoms with Crippen molar-refractivity contribution in [2.75, 3.05) is 54.4 Å². The molecule has 2 N–H and O–H groups in total. The number of nitrogens with zero attached hydrogens (tertiary/aromatic N) is 4. The fourth-order valence-electron chi connectivity index (χ4n) is 4.50. The van der Waals surface area contributed by atoms with Crippen LogP contribution in [-0.2, 0) is 4.74 Å². The maximum absolute atomic E-state index is 5.68. The van der Waals surface area contributed by atoms with Crippen molar-refractivity contribution in [3.05, 3.63) is 6.07 Å². The third-order valence-corrected chi connectivity index (χ3v) is 6.72. The second kappa shape index (κ2) is 10.6. The highest BCUT2D eigenvalue weighted by atomic mass is 32.1. The van der Waals surface area contributed by atoms with Crippen LogP contribution in [-0.4, -0.2) is 60.5 Å². The van der Waals surface area contributed by atoms with Gasteiger partial charge in [0.1, 0.15) is 11.6 Å². The van der Waals surface area contributed by atoms with E-state index in [-0.39, 0.29) is 6.10 Å². The molecule has 0 spiro atoms. The summed E-state index contributed by atoms with van der Waals surface area (Å²) >= 11 is 5.52. The number of piperidine rings is 1. The van der Waals surface area contributed by atoms with Crippen molar-refractivity contribution in [1.29, 1.82) is 0 Å². The summed E-state index contributed by atoms with van der Waals surface area (Å²) in [6.45, 7) is 8.16. The third-order valence-electron chi connectivity index (χ3n) is 6.48. The van der Waals surface area contributed by atoms with Gasteiger partial charge in [-0.05, 0) is 56.7 Å². The molecular weight excluding hydrogens is 396 g/mol. The van der Waals surface area contributed by atoms with Crippen LogP contribution in [0.2, 0.25) is 0 Å². The minimum atomic E-state index is 0.250. The average molecular weight is 433 g/mol. The number of rotatable bonds is 5. The van der Waals surface area contributed by atoms with Gasteiger partial charge in [0.25, 0.3) is 0 Å². The van der Waals surface area contributed by atoms with Crippen LogP contribution in [0, 0.1) is 5.92 Å². The van der Waals surface area contributed by atoms with Crippen LogP contribution in [0.5, 0.6) is 0 Å². The Balaban J connectivity index is 1.47. The largest absolute Gasteiger partial charge is 0.376 e. The highest BCUT2D eigenvalue weighted by molar-refractivity contribution is 7.80. The molecule has 0 aliphatic carbocycles. The maximum Gasteiger partial charge on any atom is 0.232 e. The molecule has 7 nitrogen and oxygen atoms in total. The molecule has 1 unspecified atom stereocenters. The zero-order valence-corrected chi connectivity index (χ0v) is 19.1. The summed E-state index contributed by atoms with van der Waals surface area (Å²) in [5, 5.41) is 7.08. The Morgan fingerprint density at radius 1 is 1.00 bits per heavy atom. The van der Waals surface area contributed by atoms with Crippen molar-refractivity contribution in [2.24, 2.45) is 5.92 Å². The minimum absolute atomic E-state index is 0.250. The molecule has 1 aromatic heterocycles. The van der Waals surface area contributed by atoms with Gasteiger partial charge in [-0.15, -0.1) is 0 Å². The summed E-state index contributed by atoms with van der Waals surface area (Å²) in [4.78, 5) is 14.5. The van der Waals surface area contributed by atoms with E-state index in [1.165, 1.54) is 38.5 Å². The van der Waals surface area contributed by atoms with Crippen LogP contribution in [0.4, 0.5) is 17.6 Å². The Kier molecular flexibility index (Phi) is 7.60. The minimum Gasteiger partial charge on any atom is -0.376 e. The Labute approximate surface area is 186 Å². The number of hydrogen-bond acceptors (Lipinski definition) is 6. The van der Waals surface area contributed by atoms with Gasteiger partial charge in [-0.2, -0.15) is 9.97 Å².